The predicted octanol–water partition coefficient (Wildman–Crippen LogP) is 2.46. The number of ether oxygens (including phenoxy) is 1. The summed E-state index contributed by atoms with van der Waals surface area (Å²) in [5.41, 5.74) is 5.59. The molecule has 0 aromatic rings. The highest BCUT2D eigenvalue weighted by Gasteiger charge is 2.70. The summed E-state index contributed by atoms with van der Waals surface area (Å²) in [7, 11) is 0. The van der Waals surface area contributed by atoms with Gasteiger partial charge in [-0.15, -0.1) is 0 Å². The molecule has 4 heteroatoms. The van der Waals surface area contributed by atoms with Gasteiger partial charge in [0.2, 0.25) is 5.91 Å². The predicted molar refractivity (Wildman–Crippen MR) is 87.3 cm³/mol. The molecule has 1 aliphatic heterocycles. The molecule has 0 aromatic carbocycles. The summed E-state index contributed by atoms with van der Waals surface area (Å²) in [5, 5.41) is 3.18. The van der Waals surface area contributed by atoms with Gasteiger partial charge >= 0.3 is 0 Å². The number of hydrogen-bond acceptors (Lipinski definition) is 3. The van der Waals surface area contributed by atoms with Crippen molar-refractivity contribution in [2.45, 2.75) is 70.9 Å². The van der Waals surface area contributed by atoms with E-state index < -0.39 is 5.54 Å². The summed E-state index contributed by atoms with van der Waals surface area (Å²) in [5.74, 6) is 1.64. The molecule has 126 valence electrons. The molecule has 5 atom stereocenters. The Labute approximate surface area is 134 Å². The maximum Gasteiger partial charge on any atom is 0.241 e. The van der Waals surface area contributed by atoms with Crippen molar-refractivity contribution < 1.29 is 9.53 Å². The molecule has 1 saturated heterocycles. The first-order chi connectivity index (χ1) is 10.4. The van der Waals surface area contributed by atoms with Crippen LogP contribution in [0.2, 0.25) is 0 Å². The molecular weight excluding hydrogens is 276 g/mol. The van der Waals surface area contributed by atoms with Gasteiger partial charge in [0.1, 0.15) is 5.54 Å². The summed E-state index contributed by atoms with van der Waals surface area (Å²) in [6.45, 7) is 8.08. The van der Waals surface area contributed by atoms with Gasteiger partial charge in [0.25, 0.3) is 0 Å². The molecule has 3 aliphatic rings. The average Bonchev–Trinajstić information content (AvgIpc) is 2.51. The number of rotatable bonds is 3. The van der Waals surface area contributed by atoms with Gasteiger partial charge in [-0.2, -0.15) is 0 Å². The van der Waals surface area contributed by atoms with Crippen LogP contribution in [0.4, 0.5) is 0 Å². The minimum atomic E-state index is -0.766. The van der Waals surface area contributed by atoms with Crippen LogP contribution in [0.5, 0.6) is 0 Å². The first-order valence-corrected chi connectivity index (χ1v) is 9.06. The molecule has 1 amide bonds. The molecule has 3 rings (SSSR count). The highest BCUT2D eigenvalue weighted by atomic mass is 16.5. The van der Waals surface area contributed by atoms with Gasteiger partial charge in [0.15, 0.2) is 0 Å². The summed E-state index contributed by atoms with van der Waals surface area (Å²) in [6, 6.07) is 0. The standard InChI is InChI=1S/C18H32N2O2/c1-12-6-4-7-13(10-12)11-20-16(21)18(19)14-8-5-9-22-15(14)17(18,2)3/h12-15H,4-11,19H2,1-3H3,(H,20,21). The molecular formula is C18H32N2O2. The number of fused-ring (bicyclic) bond motifs is 1. The van der Waals surface area contributed by atoms with Gasteiger partial charge in [-0.25, -0.2) is 0 Å². The third-order valence-electron chi connectivity index (χ3n) is 6.66. The fourth-order valence-corrected chi connectivity index (χ4v) is 5.17. The van der Waals surface area contributed by atoms with Crippen molar-refractivity contribution in [1.82, 2.24) is 5.32 Å². The molecule has 1 heterocycles. The van der Waals surface area contributed by atoms with E-state index in [9.17, 15) is 4.79 Å². The van der Waals surface area contributed by atoms with E-state index in [0.29, 0.717) is 5.92 Å². The molecule has 3 fully saturated rings. The van der Waals surface area contributed by atoms with Crippen molar-refractivity contribution in [3.63, 3.8) is 0 Å². The second-order valence-corrected chi connectivity index (χ2v) is 8.48. The van der Waals surface area contributed by atoms with Gasteiger partial charge in [-0.3, -0.25) is 4.79 Å². The molecule has 0 aromatic heterocycles. The molecule has 2 aliphatic carbocycles. The Morgan fingerprint density at radius 1 is 1.27 bits per heavy atom. The maximum atomic E-state index is 12.9. The quantitative estimate of drug-likeness (QED) is 0.842. The van der Waals surface area contributed by atoms with E-state index in [1.165, 1.54) is 25.7 Å². The van der Waals surface area contributed by atoms with Gasteiger partial charge in [0, 0.05) is 24.5 Å². The number of nitrogens with two attached hydrogens (primary N) is 1. The summed E-state index contributed by atoms with van der Waals surface area (Å²) < 4.78 is 5.89. The van der Waals surface area contributed by atoms with Crippen molar-refractivity contribution in [3.8, 4) is 0 Å². The van der Waals surface area contributed by atoms with Crippen LogP contribution in [0, 0.1) is 23.2 Å². The zero-order valence-corrected chi connectivity index (χ0v) is 14.4. The van der Waals surface area contributed by atoms with Crippen LogP contribution in [0.1, 0.15) is 59.3 Å². The van der Waals surface area contributed by atoms with E-state index in [4.69, 9.17) is 10.5 Å². The van der Waals surface area contributed by atoms with Crippen molar-refractivity contribution >= 4 is 5.91 Å². The lowest BCUT2D eigenvalue weighted by Crippen LogP contribution is -2.82. The second kappa shape index (κ2) is 5.79. The Balaban J connectivity index is 1.61. The topological polar surface area (TPSA) is 64.4 Å². The fraction of sp³-hybridized carbons (Fsp3) is 0.944. The summed E-state index contributed by atoms with van der Waals surface area (Å²) in [6.07, 6.45) is 7.27. The molecule has 5 unspecified atom stereocenters. The van der Waals surface area contributed by atoms with E-state index in [0.717, 1.165) is 31.9 Å². The smallest absolute Gasteiger partial charge is 0.241 e. The van der Waals surface area contributed by atoms with Gasteiger partial charge in [-0.05, 0) is 37.5 Å². The lowest BCUT2D eigenvalue weighted by atomic mass is 9.46. The van der Waals surface area contributed by atoms with Gasteiger partial charge in [0.05, 0.1) is 6.10 Å². The largest absolute Gasteiger partial charge is 0.377 e. The number of amides is 1. The summed E-state index contributed by atoms with van der Waals surface area (Å²) in [4.78, 5) is 12.9. The van der Waals surface area contributed by atoms with Crippen molar-refractivity contribution in [2.75, 3.05) is 13.2 Å². The number of carbonyl (C=O) groups excluding carboxylic acids is 1. The Morgan fingerprint density at radius 3 is 2.77 bits per heavy atom. The minimum absolute atomic E-state index is 0.0440. The van der Waals surface area contributed by atoms with Crippen LogP contribution in [-0.4, -0.2) is 30.7 Å². The monoisotopic (exact) mass is 308 g/mol. The highest BCUT2D eigenvalue weighted by Crippen LogP contribution is 2.57. The van der Waals surface area contributed by atoms with Crippen molar-refractivity contribution in [1.29, 1.82) is 0 Å². The van der Waals surface area contributed by atoms with Crippen LogP contribution in [0.3, 0.4) is 0 Å². The third kappa shape index (κ3) is 2.39. The van der Waals surface area contributed by atoms with Crippen LogP contribution in [-0.2, 0) is 9.53 Å². The normalized spacial score (nSPS) is 43.8. The molecule has 4 nitrogen and oxygen atoms in total. The molecule has 0 bridgehead atoms. The van der Waals surface area contributed by atoms with Crippen LogP contribution in [0.15, 0.2) is 0 Å². The molecule has 22 heavy (non-hydrogen) atoms. The van der Waals surface area contributed by atoms with Crippen LogP contribution >= 0.6 is 0 Å². The summed E-state index contributed by atoms with van der Waals surface area (Å²) >= 11 is 0. The zero-order chi connectivity index (χ0) is 16.0. The third-order valence-corrected chi connectivity index (χ3v) is 6.66. The number of hydrogen-bond donors (Lipinski definition) is 2. The van der Waals surface area contributed by atoms with Crippen molar-refractivity contribution in [2.24, 2.45) is 28.9 Å². The van der Waals surface area contributed by atoms with Gasteiger partial charge < -0.3 is 15.8 Å². The highest BCUT2D eigenvalue weighted by molar-refractivity contribution is 5.89. The molecule has 2 saturated carbocycles. The Morgan fingerprint density at radius 2 is 2.05 bits per heavy atom. The number of carbonyl (C=O) groups is 1. The SMILES string of the molecule is CC1CCCC(CNC(=O)C2(N)C3CCCOC3C2(C)C)C1. The van der Waals surface area contributed by atoms with E-state index in [1.807, 2.05) is 0 Å². The Hall–Kier alpha value is -0.610. The maximum absolute atomic E-state index is 12.9. The lowest BCUT2D eigenvalue weighted by molar-refractivity contribution is -0.225. The van der Waals surface area contributed by atoms with E-state index >= 15 is 0 Å². The minimum Gasteiger partial charge on any atom is -0.377 e. The molecule has 0 radical (unpaired) electrons. The first-order valence-electron chi connectivity index (χ1n) is 9.06. The average molecular weight is 308 g/mol. The van der Waals surface area contributed by atoms with Crippen molar-refractivity contribution in [3.05, 3.63) is 0 Å². The van der Waals surface area contributed by atoms with Gasteiger partial charge in [-0.1, -0.05) is 33.6 Å². The van der Waals surface area contributed by atoms with Crippen LogP contribution < -0.4 is 11.1 Å². The van der Waals surface area contributed by atoms with E-state index in [-0.39, 0.29) is 23.3 Å². The van der Waals surface area contributed by atoms with E-state index in [1.54, 1.807) is 0 Å². The number of nitrogens with one attached hydrogen (secondary N) is 1. The second-order valence-electron chi connectivity index (χ2n) is 8.48. The Bertz CT molecular complexity index is 437. The molecule has 3 N–H and O–H groups in total. The first kappa shape index (κ1) is 16.3. The van der Waals surface area contributed by atoms with Crippen LogP contribution in [0.25, 0.3) is 0 Å². The molecule has 0 spiro atoms. The Kier molecular flexibility index (Phi) is 4.28. The fourth-order valence-electron chi connectivity index (χ4n) is 5.17. The zero-order valence-electron chi connectivity index (χ0n) is 14.4. The lowest BCUT2D eigenvalue weighted by Gasteiger charge is -2.65. The van der Waals surface area contributed by atoms with E-state index in [2.05, 4.69) is 26.1 Å².